The van der Waals surface area contributed by atoms with Crippen molar-refractivity contribution in [3.05, 3.63) is 54.2 Å². The lowest BCUT2D eigenvalue weighted by Gasteiger charge is -2.24. The number of nitrogens with zero attached hydrogens (tertiary/aromatic N) is 1. The molecule has 13 heteroatoms. The standard InChI is InChI=1S/C25H34N8O5/c26-8-4-3-7-19(32-24(36)20(31-22(34)11-27)10-16-13-28-14-30-16)23(35)33-21(25(37)38)9-15-12-29-18-6-2-1-5-17(15)18/h1-2,5-6,12-14,19-21,29H,3-4,7-11,26-27H2,(H,28,30)(H,31,34)(H,32,36)(H,33,35)(H,37,38). The van der Waals surface area contributed by atoms with Gasteiger partial charge in [0.1, 0.15) is 18.1 Å². The summed E-state index contributed by atoms with van der Waals surface area (Å²) in [6.45, 7) is 0.0803. The third-order valence-corrected chi connectivity index (χ3v) is 6.11. The van der Waals surface area contributed by atoms with Gasteiger partial charge < -0.3 is 42.5 Å². The zero-order valence-corrected chi connectivity index (χ0v) is 20.9. The molecule has 3 unspecified atom stereocenters. The predicted molar refractivity (Wildman–Crippen MR) is 140 cm³/mol. The molecule has 3 rings (SSSR count). The number of nitrogens with two attached hydrogens (primary N) is 2. The highest BCUT2D eigenvalue weighted by atomic mass is 16.4. The van der Waals surface area contributed by atoms with Crippen molar-refractivity contribution >= 4 is 34.6 Å². The van der Waals surface area contributed by atoms with Gasteiger partial charge in [0.2, 0.25) is 17.7 Å². The number of aromatic amines is 2. The molecule has 0 radical (unpaired) electrons. The number of hydrogen-bond donors (Lipinski definition) is 8. The Bertz CT molecular complexity index is 1230. The molecule has 0 saturated carbocycles. The minimum atomic E-state index is -1.23. The molecule has 0 saturated heterocycles. The van der Waals surface area contributed by atoms with Crippen molar-refractivity contribution in [2.45, 2.75) is 50.2 Å². The van der Waals surface area contributed by atoms with Gasteiger partial charge in [-0.3, -0.25) is 14.4 Å². The Kier molecular flexibility index (Phi) is 10.4. The Morgan fingerprint density at radius 2 is 1.66 bits per heavy atom. The van der Waals surface area contributed by atoms with Gasteiger partial charge in [-0.15, -0.1) is 0 Å². The lowest BCUT2D eigenvalue weighted by Crippen LogP contribution is -2.57. The van der Waals surface area contributed by atoms with Crippen LogP contribution in [-0.4, -0.2) is 75.0 Å². The summed E-state index contributed by atoms with van der Waals surface area (Å²) in [5.74, 6) is -3.01. The van der Waals surface area contributed by atoms with Crippen LogP contribution in [0.4, 0.5) is 0 Å². The zero-order valence-electron chi connectivity index (χ0n) is 20.9. The van der Waals surface area contributed by atoms with E-state index >= 15 is 0 Å². The Labute approximate surface area is 219 Å². The number of nitrogens with one attached hydrogen (secondary N) is 5. The average Bonchev–Trinajstić information content (AvgIpc) is 3.57. The van der Waals surface area contributed by atoms with E-state index in [0.717, 1.165) is 16.5 Å². The van der Waals surface area contributed by atoms with E-state index < -0.39 is 41.8 Å². The average molecular weight is 527 g/mol. The van der Waals surface area contributed by atoms with Crippen molar-refractivity contribution in [3.63, 3.8) is 0 Å². The van der Waals surface area contributed by atoms with E-state index in [-0.39, 0.29) is 25.8 Å². The van der Waals surface area contributed by atoms with Crippen molar-refractivity contribution in [1.82, 2.24) is 30.9 Å². The van der Waals surface area contributed by atoms with E-state index in [1.54, 1.807) is 6.20 Å². The van der Waals surface area contributed by atoms with Crippen LogP contribution in [0.15, 0.2) is 43.0 Å². The molecule has 204 valence electrons. The topological polar surface area (TPSA) is 221 Å². The number of aromatic nitrogens is 3. The molecule has 0 fully saturated rings. The first-order valence-corrected chi connectivity index (χ1v) is 12.4. The van der Waals surface area contributed by atoms with Crippen LogP contribution in [0.2, 0.25) is 0 Å². The molecule has 3 aromatic rings. The maximum Gasteiger partial charge on any atom is 0.326 e. The number of fused-ring (bicyclic) bond motifs is 1. The fourth-order valence-corrected chi connectivity index (χ4v) is 4.11. The SMILES string of the molecule is NCCCCC(NC(=O)C(Cc1cnc[nH]1)NC(=O)CN)C(=O)NC(Cc1c[nH]c2ccccc12)C(=O)O. The number of aliphatic carboxylic acids is 1. The Morgan fingerprint density at radius 1 is 0.921 bits per heavy atom. The molecule has 0 spiro atoms. The number of H-pyrrole nitrogens is 2. The number of imidazole rings is 1. The van der Waals surface area contributed by atoms with Gasteiger partial charge in [-0.25, -0.2) is 9.78 Å². The van der Waals surface area contributed by atoms with Crippen LogP contribution in [0, 0.1) is 0 Å². The summed E-state index contributed by atoms with van der Waals surface area (Å²) in [7, 11) is 0. The van der Waals surface area contributed by atoms with Crippen molar-refractivity contribution in [2.75, 3.05) is 13.1 Å². The molecule has 2 aromatic heterocycles. The second kappa shape index (κ2) is 13.9. The number of hydrogen-bond acceptors (Lipinski definition) is 7. The molecule has 38 heavy (non-hydrogen) atoms. The first-order valence-electron chi connectivity index (χ1n) is 12.4. The third-order valence-electron chi connectivity index (χ3n) is 6.11. The quantitative estimate of drug-likeness (QED) is 0.118. The largest absolute Gasteiger partial charge is 0.480 e. The molecule has 0 aliphatic carbocycles. The monoisotopic (exact) mass is 526 g/mol. The highest BCUT2D eigenvalue weighted by Gasteiger charge is 2.30. The second-order valence-corrected chi connectivity index (χ2v) is 8.91. The van der Waals surface area contributed by atoms with Gasteiger partial charge in [-0.05, 0) is 37.4 Å². The lowest BCUT2D eigenvalue weighted by molar-refractivity contribution is -0.142. The highest BCUT2D eigenvalue weighted by molar-refractivity contribution is 5.94. The third kappa shape index (κ3) is 7.88. The van der Waals surface area contributed by atoms with Crippen molar-refractivity contribution in [3.8, 4) is 0 Å². The highest BCUT2D eigenvalue weighted by Crippen LogP contribution is 2.19. The molecule has 0 aliphatic rings. The predicted octanol–water partition coefficient (Wildman–Crippen LogP) is -0.697. The van der Waals surface area contributed by atoms with Gasteiger partial charge in [0.25, 0.3) is 0 Å². The van der Waals surface area contributed by atoms with Gasteiger partial charge in [-0.2, -0.15) is 0 Å². The van der Waals surface area contributed by atoms with Gasteiger partial charge in [-0.1, -0.05) is 18.2 Å². The van der Waals surface area contributed by atoms with Crippen molar-refractivity contribution in [1.29, 1.82) is 0 Å². The molecule has 2 heterocycles. The lowest BCUT2D eigenvalue weighted by atomic mass is 10.0. The first-order chi connectivity index (χ1) is 18.3. The van der Waals surface area contributed by atoms with Crippen LogP contribution in [0.1, 0.15) is 30.5 Å². The molecular weight excluding hydrogens is 492 g/mol. The molecule has 13 nitrogen and oxygen atoms in total. The van der Waals surface area contributed by atoms with Crippen LogP contribution in [-0.2, 0) is 32.0 Å². The van der Waals surface area contributed by atoms with Crippen LogP contribution >= 0.6 is 0 Å². The number of carbonyl (C=O) groups is 4. The molecule has 1 aromatic carbocycles. The van der Waals surface area contributed by atoms with Crippen molar-refractivity contribution in [2.24, 2.45) is 11.5 Å². The van der Waals surface area contributed by atoms with Crippen LogP contribution in [0.5, 0.6) is 0 Å². The Balaban J connectivity index is 1.74. The maximum absolute atomic E-state index is 13.2. The number of unbranched alkanes of at least 4 members (excludes halogenated alkanes) is 1. The first kappa shape index (κ1) is 28.3. The minimum Gasteiger partial charge on any atom is -0.480 e. The molecule has 3 amide bonds. The minimum absolute atomic E-state index is 0.0452. The fourth-order valence-electron chi connectivity index (χ4n) is 4.11. The number of rotatable bonds is 15. The molecule has 0 aliphatic heterocycles. The molecule has 10 N–H and O–H groups in total. The van der Waals surface area contributed by atoms with Gasteiger partial charge in [0.05, 0.1) is 12.9 Å². The van der Waals surface area contributed by atoms with Crippen LogP contribution < -0.4 is 27.4 Å². The van der Waals surface area contributed by atoms with E-state index in [1.165, 1.54) is 12.5 Å². The number of carbonyl (C=O) groups excluding carboxylic acids is 3. The number of carboxylic acids is 1. The van der Waals surface area contributed by atoms with Crippen LogP contribution in [0.25, 0.3) is 10.9 Å². The second-order valence-electron chi connectivity index (χ2n) is 8.91. The van der Waals surface area contributed by atoms with Crippen LogP contribution in [0.3, 0.4) is 0 Å². The van der Waals surface area contributed by atoms with Gasteiger partial charge in [0.15, 0.2) is 0 Å². The van der Waals surface area contributed by atoms with E-state index in [0.29, 0.717) is 25.1 Å². The zero-order chi connectivity index (χ0) is 27.5. The number of benzene rings is 1. The van der Waals surface area contributed by atoms with Crippen molar-refractivity contribution < 1.29 is 24.3 Å². The summed E-state index contributed by atoms with van der Waals surface area (Å²) in [4.78, 5) is 60.3. The summed E-state index contributed by atoms with van der Waals surface area (Å²) in [5.41, 5.74) is 13.2. The fraction of sp³-hybridized carbons (Fsp3) is 0.400. The summed E-state index contributed by atoms with van der Waals surface area (Å²) in [5, 5.41) is 18.5. The molecule has 0 bridgehead atoms. The summed E-state index contributed by atoms with van der Waals surface area (Å²) in [6.07, 6.45) is 6.18. The normalized spacial score (nSPS) is 13.4. The molecular formula is C25H34N8O5. The summed E-state index contributed by atoms with van der Waals surface area (Å²) in [6, 6.07) is 4.15. The maximum atomic E-state index is 13.2. The summed E-state index contributed by atoms with van der Waals surface area (Å²) < 4.78 is 0. The molecule has 3 atom stereocenters. The van der Waals surface area contributed by atoms with E-state index in [4.69, 9.17) is 11.5 Å². The van der Waals surface area contributed by atoms with E-state index in [9.17, 15) is 24.3 Å². The summed E-state index contributed by atoms with van der Waals surface area (Å²) >= 11 is 0. The number of amides is 3. The van der Waals surface area contributed by atoms with Gasteiger partial charge >= 0.3 is 5.97 Å². The van der Waals surface area contributed by atoms with E-state index in [2.05, 4.69) is 30.9 Å². The number of para-hydroxylation sites is 1. The van der Waals surface area contributed by atoms with Gasteiger partial charge in [0, 0.05) is 41.8 Å². The Hall–Kier alpha value is -4.23. The smallest absolute Gasteiger partial charge is 0.326 e. The van der Waals surface area contributed by atoms with E-state index in [1.807, 2.05) is 24.3 Å². The Morgan fingerprint density at radius 3 is 2.34 bits per heavy atom. The number of carboxylic acid groups (broad SMARTS) is 1.